The van der Waals surface area contributed by atoms with Crippen molar-refractivity contribution in [1.29, 1.82) is 0 Å². The number of carbonyl (C=O) groups is 1. The van der Waals surface area contributed by atoms with E-state index in [-0.39, 0.29) is 5.56 Å². The van der Waals surface area contributed by atoms with Gasteiger partial charge in [-0.2, -0.15) is 0 Å². The molecule has 1 aromatic carbocycles. The fraction of sp³-hybridized carbons (Fsp3) is 0.417. The van der Waals surface area contributed by atoms with E-state index < -0.39 is 5.97 Å². The summed E-state index contributed by atoms with van der Waals surface area (Å²) >= 11 is 0. The number of para-hydroxylation sites is 1. The zero-order valence-electron chi connectivity index (χ0n) is 9.15. The number of piperidine rings is 1. The van der Waals surface area contributed by atoms with Gasteiger partial charge in [0.2, 0.25) is 0 Å². The molecule has 1 heterocycles. The number of hydrogen-bond acceptors (Lipinski definition) is 3. The minimum atomic E-state index is -0.962. The molecule has 1 fully saturated rings. The normalized spacial score (nSPS) is 16.1. The quantitative estimate of drug-likeness (QED) is 0.748. The van der Waals surface area contributed by atoms with Crippen molar-refractivity contribution < 1.29 is 9.90 Å². The Morgan fingerprint density at radius 2 is 1.94 bits per heavy atom. The molecule has 1 aliphatic rings. The second-order valence-corrected chi connectivity index (χ2v) is 4.09. The number of anilines is 2. The number of nitrogen functional groups attached to an aromatic ring is 1. The molecule has 4 nitrogen and oxygen atoms in total. The van der Waals surface area contributed by atoms with E-state index >= 15 is 0 Å². The summed E-state index contributed by atoms with van der Waals surface area (Å²) in [6, 6.07) is 5.20. The summed E-state index contributed by atoms with van der Waals surface area (Å²) in [5.74, 6) is -0.962. The number of hydrogen-bond donors (Lipinski definition) is 2. The van der Waals surface area contributed by atoms with E-state index in [4.69, 9.17) is 10.8 Å². The van der Waals surface area contributed by atoms with Crippen LogP contribution in [0.25, 0.3) is 0 Å². The predicted octanol–water partition coefficient (Wildman–Crippen LogP) is 1.96. The lowest BCUT2D eigenvalue weighted by Crippen LogP contribution is -2.30. The van der Waals surface area contributed by atoms with Crippen LogP contribution in [0.1, 0.15) is 29.6 Å². The number of benzene rings is 1. The van der Waals surface area contributed by atoms with Crippen molar-refractivity contribution in [1.82, 2.24) is 0 Å². The van der Waals surface area contributed by atoms with E-state index in [0.29, 0.717) is 5.69 Å². The minimum Gasteiger partial charge on any atom is -0.478 e. The second kappa shape index (κ2) is 4.43. The summed E-state index contributed by atoms with van der Waals surface area (Å²) in [6.45, 7) is 1.93. The number of rotatable bonds is 2. The molecular formula is C12H16N2O2. The average molecular weight is 220 g/mol. The third-order valence-electron chi connectivity index (χ3n) is 3.01. The van der Waals surface area contributed by atoms with Crippen molar-refractivity contribution in [2.24, 2.45) is 0 Å². The Morgan fingerprint density at radius 1 is 1.25 bits per heavy atom. The standard InChI is InChI=1S/C12H16N2O2/c13-11-9(12(15)16)5-4-6-10(11)14-7-2-1-3-8-14/h4-6H,1-3,7-8,13H2,(H,15,16). The topological polar surface area (TPSA) is 66.6 Å². The van der Waals surface area contributed by atoms with Crippen LogP contribution < -0.4 is 10.6 Å². The van der Waals surface area contributed by atoms with Crippen molar-refractivity contribution in [2.75, 3.05) is 23.7 Å². The van der Waals surface area contributed by atoms with Gasteiger partial charge in [0.15, 0.2) is 0 Å². The first kappa shape index (κ1) is 10.8. The van der Waals surface area contributed by atoms with Gasteiger partial charge in [0, 0.05) is 13.1 Å². The molecule has 3 N–H and O–H groups in total. The van der Waals surface area contributed by atoms with Crippen LogP contribution in [0, 0.1) is 0 Å². The summed E-state index contributed by atoms with van der Waals surface area (Å²) in [6.07, 6.45) is 3.54. The lowest BCUT2D eigenvalue weighted by atomic mass is 10.1. The summed E-state index contributed by atoms with van der Waals surface area (Å²) in [4.78, 5) is 13.1. The Hall–Kier alpha value is -1.71. The molecule has 0 aliphatic carbocycles. The van der Waals surface area contributed by atoms with Crippen molar-refractivity contribution in [3.05, 3.63) is 23.8 Å². The molecule has 4 heteroatoms. The van der Waals surface area contributed by atoms with Crippen LogP contribution in [-0.2, 0) is 0 Å². The average Bonchev–Trinajstić information content (AvgIpc) is 2.30. The van der Waals surface area contributed by atoms with E-state index in [0.717, 1.165) is 31.6 Å². The third kappa shape index (κ3) is 1.96. The first-order valence-electron chi connectivity index (χ1n) is 5.57. The molecule has 2 rings (SSSR count). The maximum Gasteiger partial charge on any atom is 0.337 e. The second-order valence-electron chi connectivity index (χ2n) is 4.09. The molecule has 1 saturated heterocycles. The van der Waals surface area contributed by atoms with Crippen molar-refractivity contribution in [3.8, 4) is 0 Å². The first-order valence-corrected chi connectivity index (χ1v) is 5.57. The summed E-state index contributed by atoms with van der Waals surface area (Å²) < 4.78 is 0. The molecule has 0 unspecified atom stereocenters. The maximum atomic E-state index is 11.0. The van der Waals surface area contributed by atoms with E-state index in [1.165, 1.54) is 6.42 Å². The molecular weight excluding hydrogens is 204 g/mol. The lowest BCUT2D eigenvalue weighted by Gasteiger charge is -2.30. The van der Waals surface area contributed by atoms with E-state index in [1.54, 1.807) is 12.1 Å². The van der Waals surface area contributed by atoms with Gasteiger partial charge in [-0.15, -0.1) is 0 Å². The molecule has 0 bridgehead atoms. The van der Waals surface area contributed by atoms with Crippen molar-refractivity contribution in [3.63, 3.8) is 0 Å². The fourth-order valence-corrected chi connectivity index (χ4v) is 2.15. The van der Waals surface area contributed by atoms with Crippen LogP contribution >= 0.6 is 0 Å². The monoisotopic (exact) mass is 220 g/mol. The van der Waals surface area contributed by atoms with Crippen LogP contribution in [0.5, 0.6) is 0 Å². The molecule has 86 valence electrons. The van der Waals surface area contributed by atoms with Gasteiger partial charge in [-0.1, -0.05) is 6.07 Å². The number of carboxylic acids is 1. The molecule has 1 aliphatic heterocycles. The highest BCUT2D eigenvalue weighted by molar-refractivity contribution is 5.97. The number of carboxylic acid groups (broad SMARTS) is 1. The molecule has 16 heavy (non-hydrogen) atoms. The highest BCUT2D eigenvalue weighted by Crippen LogP contribution is 2.28. The van der Waals surface area contributed by atoms with E-state index in [9.17, 15) is 4.79 Å². The molecule has 0 aromatic heterocycles. The number of aromatic carboxylic acids is 1. The molecule has 0 spiro atoms. The Morgan fingerprint density at radius 3 is 2.56 bits per heavy atom. The van der Waals surface area contributed by atoms with Crippen LogP contribution in [-0.4, -0.2) is 24.2 Å². The van der Waals surface area contributed by atoms with Gasteiger partial charge in [0.05, 0.1) is 16.9 Å². The van der Waals surface area contributed by atoms with Gasteiger partial charge in [-0.05, 0) is 31.4 Å². The Labute approximate surface area is 94.7 Å². The highest BCUT2D eigenvalue weighted by Gasteiger charge is 2.17. The largest absolute Gasteiger partial charge is 0.478 e. The zero-order chi connectivity index (χ0) is 11.5. The summed E-state index contributed by atoms with van der Waals surface area (Å²) in [5.41, 5.74) is 7.34. The van der Waals surface area contributed by atoms with Crippen LogP contribution in [0.2, 0.25) is 0 Å². The van der Waals surface area contributed by atoms with Crippen LogP contribution in [0.15, 0.2) is 18.2 Å². The minimum absolute atomic E-state index is 0.197. The van der Waals surface area contributed by atoms with Crippen molar-refractivity contribution >= 4 is 17.3 Å². The van der Waals surface area contributed by atoms with E-state index in [1.807, 2.05) is 6.07 Å². The lowest BCUT2D eigenvalue weighted by molar-refractivity contribution is 0.0698. The predicted molar refractivity (Wildman–Crippen MR) is 63.9 cm³/mol. The Balaban J connectivity index is 2.33. The van der Waals surface area contributed by atoms with Gasteiger partial charge >= 0.3 is 5.97 Å². The van der Waals surface area contributed by atoms with Crippen LogP contribution in [0.3, 0.4) is 0 Å². The smallest absolute Gasteiger partial charge is 0.337 e. The molecule has 0 amide bonds. The fourth-order valence-electron chi connectivity index (χ4n) is 2.15. The SMILES string of the molecule is Nc1c(C(=O)O)cccc1N1CCCCC1. The molecule has 0 saturated carbocycles. The van der Waals surface area contributed by atoms with Gasteiger partial charge in [-0.3, -0.25) is 0 Å². The molecule has 1 aromatic rings. The number of nitrogens with two attached hydrogens (primary N) is 1. The van der Waals surface area contributed by atoms with Crippen molar-refractivity contribution in [2.45, 2.75) is 19.3 Å². The van der Waals surface area contributed by atoms with E-state index in [2.05, 4.69) is 4.90 Å². The highest BCUT2D eigenvalue weighted by atomic mass is 16.4. The Kier molecular flexibility index (Phi) is 2.99. The zero-order valence-corrected chi connectivity index (χ0v) is 9.15. The summed E-state index contributed by atoms with van der Waals surface area (Å²) in [7, 11) is 0. The first-order chi connectivity index (χ1) is 7.70. The molecule has 0 atom stereocenters. The van der Waals surface area contributed by atoms with Gasteiger partial charge < -0.3 is 15.7 Å². The third-order valence-corrected chi connectivity index (χ3v) is 3.01. The van der Waals surface area contributed by atoms with Gasteiger partial charge in [-0.25, -0.2) is 4.79 Å². The summed E-state index contributed by atoms with van der Waals surface area (Å²) in [5, 5.41) is 8.99. The van der Waals surface area contributed by atoms with Gasteiger partial charge in [0.1, 0.15) is 0 Å². The Bertz CT molecular complexity index is 398. The van der Waals surface area contributed by atoms with Crippen LogP contribution in [0.4, 0.5) is 11.4 Å². The molecule has 0 radical (unpaired) electrons. The maximum absolute atomic E-state index is 11.0. The van der Waals surface area contributed by atoms with Gasteiger partial charge in [0.25, 0.3) is 0 Å². The number of nitrogens with zero attached hydrogens (tertiary/aromatic N) is 1.